The van der Waals surface area contributed by atoms with Crippen molar-refractivity contribution in [3.63, 3.8) is 0 Å². The SMILES string of the molecule is C[Si](C)(C)CCC(CCCCC(=O)O)C(=O)O. The zero-order valence-corrected chi connectivity index (χ0v) is 12.0. The molecule has 0 bridgehead atoms. The van der Waals surface area contributed by atoms with E-state index in [0.717, 1.165) is 12.5 Å². The van der Waals surface area contributed by atoms with Gasteiger partial charge in [-0.2, -0.15) is 0 Å². The Bertz CT molecular complexity index is 258. The van der Waals surface area contributed by atoms with Crippen molar-refractivity contribution in [2.75, 3.05) is 0 Å². The molecular formula is C12H24O4Si. The molecule has 0 aliphatic rings. The normalized spacial score (nSPS) is 13.4. The first-order valence-electron chi connectivity index (χ1n) is 6.17. The third kappa shape index (κ3) is 10.1. The molecule has 0 aromatic rings. The molecule has 0 saturated carbocycles. The van der Waals surface area contributed by atoms with Crippen LogP contribution in [-0.4, -0.2) is 30.2 Å². The Morgan fingerprint density at radius 1 is 1.06 bits per heavy atom. The number of rotatable bonds is 9. The van der Waals surface area contributed by atoms with Crippen molar-refractivity contribution >= 4 is 20.0 Å². The molecule has 17 heavy (non-hydrogen) atoms. The summed E-state index contributed by atoms with van der Waals surface area (Å²) in [6, 6.07) is 1.02. The molecule has 0 aromatic carbocycles. The molecule has 0 saturated heterocycles. The predicted octanol–water partition coefficient (Wildman–Crippen LogP) is 3.06. The Morgan fingerprint density at radius 3 is 2.06 bits per heavy atom. The summed E-state index contributed by atoms with van der Waals surface area (Å²) in [5.41, 5.74) is 0. The van der Waals surface area contributed by atoms with Crippen molar-refractivity contribution in [1.82, 2.24) is 0 Å². The van der Waals surface area contributed by atoms with Gasteiger partial charge in [-0.3, -0.25) is 9.59 Å². The fourth-order valence-corrected chi connectivity index (χ4v) is 2.88. The van der Waals surface area contributed by atoms with Crippen LogP contribution in [0.15, 0.2) is 0 Å². The van der Waals surface area contributed by atoms with Gasteiger partial charge in [-0.15, -0.1) is 0 Å². The van der Waals surface area contributed by atoms with Gasteiger partial charge in [-0.05, 0) is 19.3 Å². The monoisotopic (exact) mass is 260 g/mol. The molecule has 0 amide bonds. The quantitative estimate of drug-likeness (QED) is 0.493. The number of aliphatic carboxylic acids is 2. The minimum absolute atomic E-state index is 0.139. The van der Waals surface area contributed by atoms with Gasteiger partial charge in [0.15, 0.2) is 0 Å². The van der Waals surface area contributed by atoms with E-state index in [0.29, 0.717) is 19.3 Å². The van der Waals surface area contributed by atoms with Crippen molar-refractivity contribution < 1.29 is 19.8 Å². The fraction of sp³-hybridized carbons (Fsp3) is 0.833. The van der Waals surface area contributed by atoms with Crippen molar-refractivity contribution in [3.8, 4) is 0 Å². The smallest absolute Gasteiger partial charge is 0.306 e. The predicted molar refractivity (Wildman–Crippen MR) is 70.0 cm³/mol. The maximum atomic E-state index is 11.0. The van der Waals surface area contributed by atoms with Crippen LogP contribution in [0.2, 0.25) is 25.7 Å². The van der Waals surface area contributed by atoms with Crippen molar-refractivity contribution in [3.05, 3.63) is 0 Å². The molecule has 0 spiro atoms. The van der Waals surface area contributed by atoms with E-state index in [1.807, 2.05) is 0 Å². The first kappa shape index (κ1) is 16.2. The second-order valence-electron chi connectivity index (χ2n) is 5.77. The summed E-state index contributed by atoms with van der Waals surface area (Å²) >= 11 is 0. The standard InChI is InChI=1S/C12H24O4Si/c1-17(2,3)9-8-10(12(15)16)6-4-5-7-11(13)14/h10H,4-9H2,1-3H3,(H,13,14)(H,15,16). The number of carboxylic acids is 2. The first-order valence-corrected chi connectivity index (χ1v) is 9.87. The lowest BCUT2D eigenvalue weighted by Gasteiger charge is -2.19. The van der Waals surface area contributed by atoms with Gasteiger partial charge >= 0.3 is 11.9 Å². The van der Waals surface area contributed by atoms with E-state index in [1.54, 1.807) is 0 Å². The maximum absolute atomic E-state index is 11.0. The number of unbranched alkanes of at least 4 members (excludes halogenated alkanes) is 1. The molecule has 100 valence electrons. The van der Waals surface area contributed by atoms with Crippen molar-refractivity contribution in [1.29, 1.82) is 0 Å². The van der Waals surface area contributed by atoms with Crippen molar-refractivity contribution in [2.45, 2.75) is 57.8 Å². The lowest BCUT2D eigenvalue weighted by Crippen LogP contribution is -2.23. The van der Waals surface area contributed by atoms with E-state index in [2.05, 4.69) is 19.6 Å². The Labute approximate surface area is 104 Å². The topological polar surface area (TPSA) is 74.6 Å². The molecule has 0 radical (unpaired) electrons. The zero-order chi connectivity index (χ0) is 13.5. The minimum atomic E-state index is -1.19. The highest BCUT2D eigenvalue weighted by molar-refractivity contribution is 6.76. The lowest BCUT2D eigenvalue weighted by atomic mass is 9.99. The zero-order valence-electron chi connectivity index (χ0n) is 11.0. The Hall–Kier alpha value is -0.843. The van der Waals surface area contributed by atoms with Crippen LogP contribution in [0.25, 0.3) is 0 Å². The van der Waals surface area contributed by atoms with Gasteiger partial charge in [0, 0.05) is 14.5 Å². The summed E-state index contributed by atoms with van der Waals surface area (Å²) in [7, 11) is -1.19. The summed E-state index contributed by atoms with van der Waals surface area (Å²) in [5.74, 6) is -1.84. The Kier molecular flexibility index (Phi) is 7.11. The highest BCUT2D eigenvalue weighted by Crippen LogP contribution is 2.21. The van der Waals surface area contributed by atoms with E-state index < -0.39 is 20.0 Å². The van der Waals surface area contributed by atoms with Gasteiger partial charge in [-0.25, -0.2) is 0 Å². The molecule has 0 aromatic heterocycles. The van der Waals surface area contributed by atoms with Gasteiger partial charge in [0.05, 0.1) is 5.92 Å². The van der Waals surface area contributed by atoms with Crippen molar-refractivity contribution in [2.24, 2.45) is 5.92 Å². The van der Waals surface area contributed by atoms with Crippen LogP contribution >= 0.6 is 0 Å². The molecule has 1 atom stereocenters. The molecule has 4 nitrogen and oxygen atoms in total. The molecule has 0 heterocycles. The van der Waals surface area contributed by atoms with Crippen LogP contribution in [0.5, 0.6) is 0 Å². The molecule has 1 unspecified atom stereocenters. The van der Waals surface area contributed by atoms with Gasteiger partial charge in [0.25, 0.3) is 0 Å². The van der Waals surface area contributed by atoms with Crippen LogP contribution in [0.1, 0.15) is 32.1 Å². The van der Waals surface area contributed by atoms with Gasteiger partial charge in [0.2, 0.25) is 0 Å². The number of hydrogen-bond donors (Lipinski definition) is 2. The van der Waals surface area contributed by atoms with Crippen LogP contribution < -0.4 is 0 Å². The summed E-state index contributed by atoms with van der Waals surface area (Å²) in [5, 5.41) is 17.6. The summed E-state index contributed by atoms with van der Waals surface area (Å²) < 4.78 is 0. The van der Waals surface area contributed by atoms with Crippen LogP contribution in [0.4, 0.5) is 0 Å². The van der Waals surface area contributed by atoms with E-state index in [1.165, 1.54) is 0 Å². The highest BCUT2D eigenvalue weighted by atomic mass is 28.3. The Morgan fingerprint density at radius 2 is 1.65 bits per heavy atom. The van der Waals surface area contributed by atoms with Crippen LogP contribution in [0.3, 0.4) is 0 Å². The molecule has 0 aliphatic heterocycles. The van der Waals surface area contributed by atoms with Crippen LogP contribution in [0, 0.1) is 5.92 Å². The molecule has 5 heteroatoms. The van der Waals surface area contributed by atoms with Gasteiger partial charge < -0.3 is 10.2 Å². The molecule has 0 fully saturated rings. The number of carbonyl (C=O) groups is 2. The second-order valence-corrected chi connectivity index (χ2v) is 11.4. The first-order chi connectivity index (χ1) is 7.72. The summed E-state index contributed by atoms with van der Waals surface area (Å²) in [6.07, 6.45) is 2.74. The third-order valence-electron chi connectivity index (χ3n) is 2.79. The molecular weight excluding hydrogens is 236 g/mol. The van der Waals surface area contributed by atoms with Gasteiger partial charge in [-0.1, -0.05) is 32.1 Å². The summed E-state index contributed by atoms with van der Waals surface area (Å²) in [6.45, 7) is 6.70. The van der Waals surface area contributed by atoms with E-state index in [9.17, 15) is 9.59 Å². The average Bonchev–Trinajstić information content (AvgIpc) is 2.13. The third-order valence-corrected chi connectivity index (χ3v) is 4.57. The van der Waals surface area contributed by atoms with E-state index >= 15 is 0 Å². The average molecular weight is 260 g/mol. The molecule has 2 N–H and O–H groups in total. The number of carboxylic acid groups (broad SMARTS) is 2. The highest BCUT2D eigenvalue weighted by Gasteiger charge is 2.21. The number of hydrogen-bond acceptors (Lipinski definition) is 2. The Balaban J connectivity index is 3.91. The maximum Gasteiger partial charge on any atom is 0.306 e. The molecule has 0 aliphatic carbocycles. The van der Waals surface area contributed by atoms with Gasteiger partial charge in [0.1, 0.15) is 0 Å². The summed E-state index contributed by atoms with van der Waals surface area (Å²) in [4.78, 5) is 21.4. The molecule has 0 rings (SSSR count). The second kappa shape index (κ2) is 7.48. The minimum Gasteiger partial charge on any atom is -0.481 e. The van der Waals surface area contributed by atoms with E-state index in [-0.39, 0.29) is 12.3 Å². The lowest BCUT2D eigenvalue weighted by molar-refractivity contribution is -0.142. The largest absolute Gasteiger partial charge is 0.481 e. The van der Waals surface area contributed by atoms with E-state index in [4.69, 9.17) is 10.2 Å². The fourth-order valence-electron chi connectivity index (χ4n) is 1.67. The van der Waals surface area contributed by atoms with Crippen LogP contribution in [-0.2, 0) is 9.59 Å².